The lowest BCUT2D eigenvalue weighted by Crippen LogP contribution is -2.02. The van der Waals surface area contributed by atoms with Crippen LogP contribution >= 0.6 is 11.6 Å². The summed E-state index contributed by atoms with van der Waals surface area (Å²) in [6.45, 7) is 0.535. The van der Waals surface area contributed by atoms with Gasteiger partial charge in [-0.25, -0.2) is 19.9 Å². The van der Waals surface area contributed by atoms with Crippen LogP contribution in [0.5, 0.6) is 0 Å². The Morgan fingerprint density at radius 1 is 1.22 bits per heavy atom. The summed E-state index contributed by atoms with van der Waals surface area (Å²) < 4.78 is 1.85. The molecule has 3 rings (SSSR count). The summed E-state index contributed by atoms with van der Waals surface area (Å²) in [5, 5.41) is 0.464. The van der Waals surface area contributed by atoms with Gasteiger partial charge in [0, 0.05) is 0 Å². The van der Waals surface area contributed by atoms with E-state index in [1.165, 1.54) is 6.33 Å². The van der Waals surface area contributed by atoms with E-state index >= 15 is 0 Å². The maximum Gasteiger partial charge on any atom is 0.165 e. The number of nitrogens with zero attached hydrogens (tertiary/aromatic N) is 5. The van der Waals surface area contributed by atoms with Gasteiger partial charge in [0.2, 0.25) is 0 Å². The minimum Gasteiger partial charge on any atom is -0.382 e. The van der Waals surface area contributed by atoms with Crippen molar-refractivity contribution in [1.29, 1.82) is 0 Å². The highest BCUT2D eigenvalue weighted by Gasteiger charge is 2.08. The van der Waals surface area contributed by atoms with E-state index in [0.717, 1.165) is 5.69 Å². The molecule has 7 heteroatoms. The molecule has 0 bridgehead atoms. The molecule has 0 unspecified atom stereocenters. The predicted molar refractivity (Wildman–Crippen MR) is 68.1 cm³/mol. The van der Waals surface area contributed by atoms with Crippen molar-refractivity contribution in [2.45, 2.75) is 6.54 Å². The largest absolute Gasteiger partial charge is 0.382 e. The Hall–Kier alpha value is -2.21. The second kappa shape index (κ2) is 4.23. The van der Waals surface area contributed by atoms with Gasteiger partial charge in [-0.3, -0.25) is 0 Å². The Morgan fingerprint density at radius 3 is 2.94 bits per heavy atom. The molecule has 0 spiro atoms. The highest BCUT2D eigenvalue weighted by Crippen LogP contribution is 2.15. The van der Waals surface area contributed by atoms with Crippen molar-refractivity contribution in [3.05, 3.63) is 41.7 Å². The smallest absolute Gasteiger partial charge is 0.165 e. The van der Waals surface area contributed by atoms with Crippen molar-refractivity contribution in [2.24, 2.45) is 0 Å². The van der Waals surface area contributed by atoms with Crippen LogP contribution in [0.2, 0.25) is 5.15 Å². The Labute approximate surface area is 107 Å². The van der Waals surface area contributed by atoms with Crippen molar-refractivity contribution in [1.82, 2.24) is 24.5 Å². The molecule has 0 atom stereocenters. The Kier molecular flexibility index (Phi) is 2.56. The van der Waals surface area contributed by atoms with E-state index in [1.807, 2.05) is 16.7 Å². The standard InChI is InChI=1S/C11H9ClN6/c12-8-3-1-2-7(17-8)4-18-6-16-9-10(13)14-5-15-11(9)18/h1-3,5-6H,4H2,(H2,13,14,15). The third kappa shape index (κ3) is 1.86. The summed E-state index contributed by atoms with van der Waals surface area (Å²) >= 11 is 5.85. The van der Waals surface area contributed by atoms with Crippen LogP contribution in [0.25, 0.3) is 11.2 Å². The number of nitrogen functional groups attached to an aromatic ring is 1. The second-order valence-electron chi connectivity index (χ2n) is 3.76. The van der Waals surface area contributed by atoms with Gasteiger partial charge in [0.15, 0.2) is 11.5 Å². The number of halogens is 1. The fourth-order valence-corrected chi connectivity index (χ4v) is 1.91. The van der Waals surface area contributed by atoms with Gasteiger partial charge < -0.3 is 10.3 Å². The molecule has 6 nitrogen and oxygen atoms in total. The molecule has 3 aromatic heterocycles. The molecule has 0 fully saturated rings. The van der Waals surface area contributed by atoms with Crippen molar-refractivity contribution in [3.8, 4) is 0 Å². The molecule has 3 heterocycles. The number of aromatic nitrogens is 5. The number of hydrogen-bond acceptors (Lipinski definition) is 5. The third-order valence-electron chi connectivity index (χ3n) is 2.53. The van der Waals surface area contributed by atoms with Gasteiger partial charge in [0.25, 0.3) is 0 Å². The minimum absolute atomic E-state index is 0.373. The molecule has 0 saturated heterocycles. The van der Waals surface area contributed by atoms with Crippen LogP contribution in [0.1, 0.15) is 5.69 Å². The van der Waals surface area contributed by atoms with E-state index in [2.05, 4.69) is 19.9 Å². The van der Waals surface area contributed by atoms with Crippen molar-refractivity contribution < 1.29 is 0 Å². The molecule has 18 heavy (non-hydrogen) atoms. The predicted octanol–water partition coefficient (Wildman–Crippen LogP) is 1.51. The summed E-state index contributed by atoms with van der Waals surface area (Å²) in [4.78, 5) is 16.5. The van der Waals surface area contributed by atoms with Crippen molar-refractivity contribution in [3.63, 3.8) is 0 Å². The van der Waals surface area contributed by atoms with Crippen molar-refractivity contribution in [2.75, 3.05) is 5.73 Å². The lowest BCUT2D eigenvalue weighted by Gasteiger charge is -2.03. The zero-order valence-electron chi connectivity index (χ0n) is 9.29. The molecule has 0 aliphatic rings. The summed E-state index contributed by atoms with van der Waals surface area (Å²) in [7, 11) is 0. The van der Waals surface area contributed by atoms with E-state index in [-0.39, 0.29) is 0 Å². The maximum absolute atomic E-state index is 5.85. The van der Waals surface area contributed by atoms with Gasteiger partial charge in [0.1, 0.15) is 17.0 Å². The number of imidazole rings is 1. The van der Waals surface area contributed by atoms with Gasteiger partial charge in [-0.1, -0.05) is 17.7 Å². The van der Waals surface area contributed by atoms with E-state index in [1.54, 1.807) is 12.4 Å². The lowest BCUT2D eigenvalue weighted by atomic mass is 10.3. The molecule has 0 aliphatic carbocycles. The molecular formula is C11H9ClN6. The Bertz CT molecular complexity index is 708. The first-order valence-electron chi connectivity index (χ1n) is 5.27. The first-order chi connectivity index (χ1) is 8.74. The zero-order valence-corrected chi connectivity index (χ0v) is 10.0. The van der Waals surface area contributed by atoms with Crippen LogP contribution in [0.15, 0.2) is 30.9 Å². The summed E-state index contributed by atoms with van der Waals surface area (Å²) in [6, 6.07) is 5.48. The lowest BCUT2D eigenvalue weighted by molar-refractivity contribution is 0.788. The van der Waals surface area contributed by atoms with Crippen LogP contribution < -0.4 is 5.73 Å². The first-order valence-corrected chi connectivity index (χ1v) is 5.64. The number of pyridine rings is 1. The molecule has 0 aliphatic heterocycles. The monoisotopic (exact) mass is 260 g/mol. The van der Waals surface area contributed by atoms with Crippen molar-refractivity contribution >= 4 is 28.6 Å². The zero-order chi connectivity index (χ0) is 12.5. The van der Waals surface area contributed by atoms with Crippen LogP contribution in [0.3, 0.4) is 0 Å². The summed E-state index contributed by atoms with van der Waals surface area (Å²) in [6.07, 6.45) is 3.08. The Balaban J connectivity index is 2.03. The molecule has 0 radical (unpaired) electrons. The molecule has 0 aromatic carbocycles. The van der Waals surface area contributed by atoms with Gasteiger partial charge >= 0.3 is 0 Å². The highest BCUT2D eigenvalue weighted by molar-refractivity contribution is 6.29. The first kappa shape index (κ1) is 10.9. The molecular weight excluding hydrogens is 252 g/mol. The molecule has 90 valence electrons. The SMILES string of the molecule is Nc1ncnc2c1ncn2Cc1cccc(Cl)n1. The highest BCUT2D eigenvalue weighted by atomic mass is 35.5. The van der Waals surface area contributed by atoms with E-state index in [9.17, 15) is 0 Å². The summed E-state index contributed by atoms with van der Waals surface area (Å²) in [5.74, 6) is 0.373. The number of rotatable bonds is 2. The third-order valence-corrected chi connectivity index (χ3v) is 2.75. The van der Waals surface area contributed by atoms with Gasteiger partial charge in [-0.05, 0) is 12.1 Å². The van der Waals surface area contributed by atoms with Gasteiger partial charge in [-0.15, -0.1) is 0 Å². The van der Waals surface area contributed by atoms with E-state index in [0.29, 0.717) is 28.7 Å². The number of anilines is 1. The molecule has 2 N–H and O–H groups in total. The normalized spacial score (nSPS) is 10.9. The van der Waals surface area contributed by atoms with Crippen LogP contribution in [-0.2, 0) is 6.54 Å². The van der Waals surface area contributed by atoms with Crippen LogP contribution in [0, 0.1) is 0 Å². The average molecular weight is 261 g/mol. The van der Waals surface area contributed by atoms with Gasteiger partial charge in [0.05, 0.1) is 18.6 Å². The number of hydrogen-bond donors (Lipinski definition) is 1. The summed E-state index contributed by atoms with van der Waals surface area (Å²) in [5.41, 5.74) is 7.84. The average Bonchev–Trinajstić information content (AvgIpc) is 2.74. The van der Waals surface area contributed by atoms with Gasteiger partial charge in [-0.2, -0.15) is 0 Å². The quantitative estimate of drug-likeness (QED) is 0.706. The number of nitrogens with two attached hydrogens (primary N) is 1. The molecule has 3 aromatic rings. The molecule has 0 amide bonds. The number of fused-ring (bicyclic) bond motifs is 1. The van der Waals surface area contributed by atoms with Crippen LogP contribution in [0.4, 0.5) is 5.82 Å². The molecule has 0 saturated carbocycles. The second-order valence-corrected chi connectivity index (χ2v) is 4.14. The van der Waals surface area contributed by atoms with E-state index in [4.69, 9.17) is 17.3 Å². The van der Waals surface area contributed by atoms with E-state index < -0.39 is 0 Å². The fourth-order valence-electron chi connectivity index (χ4n) is 1.73. The topological polar surface area (TPSA) is 82.5 Å². The van der Waals surface area contributed by atoms with Crippen LogP contribution in [-0.4, -0.2) is 24.5 Å². The fraction of sp³-hybridized carbons (Fsp3) is 0.0909. The minimum atomic E-state index is 0.373. The maximum atomic E-state index is 5.85. The Morgan fingerprint density at radius 2 is 2.11 bits per heavy atom.